The molecule has 1 aromatic rings. The zero-order chi connectivity index (χ0) is 18.2. The number of carboxylic acid groups (broad SMARTS) is 1. The van der Waals surface area contributed by atoms with E-state index in [9.17, 15) is 0 Å². The van der Waals surface area contributed by atoms with Crippen LogP contribution in [0.2, 0.25) is 0 Å². The van der Waals surface area contributed by atoms with Crippen LogP contribution >= 0.6 is 0 Å². The summed E-state index contributed by atoms with van der Waals surface area (Å²) in [6.45, 7) is 11.1. The Morgan fingerprint density at radius 2 is 1.58 bits per heavy atom. The van der Waals surface area contributed by atoms with E-state index in [0.717, 1.165) is 11.8 Å². The second kappa shape index (κ2) is 15.2. The van der Waals surface area contributed by atoms with Crippen LogP contribution in [0.3, 0.4) is 0 Å². The Labute approximate surface area is 148 Å². The maximum absolute atomic E-state index is 8.25. The number of carbonyl (C=O) groups is 1. The first kappa shape index (κ1) is 22.7. The Bertz CT molecular complexity index is 372. The predicted octanol–water partition coefficient (Wildman–Crippen LogP) is 3.57. The summed E-state index contributed by atoms with van der Waals surface area (Å²) < 4.78 is 4.80. The van der Waals surface area contributed by atoms with Crippen molar-refractivity contribution in [3.8, 4) is 0 Å². The van der Waals surface area contributed by atoms with Gasteiger partial charge in [-0.2, -0.15) is 0 Å². The van der Waals surface area contributed by atoms with E-state index in [4.69, 9.17) is 9.90 Å². The Morgan fingerprint density at radius 3 is 2.08 bits per heavy atom. The molecule has 0 spiro atoms. The van der Waals surface area contributed by atoms with Crippen molar-refractivity contribution in [3.63, 3.8) is 0 Å². The van der Waals surface area contributed by atoms with Gasteiger partial charge in [0, 0.05) is 6.47 Å². The lowest BCUT2D eigenvalue weighted by Crippen LogP contribution is -2.35. The van der Waals surface area contributed by atoms with E-state index >= 15 is 0 Å². The summed E-state index contributed by atoms with van der Waals surface area (Å²) in [7, 11) is 0. The number of unbranched alkanes of at least 4 members (excludes halogenated alkanes) is 2. The summed E-state index contributed by atoms with van der Waals surface area (Å²) in [6.07, 6.45) is 17.6. The molecule has 2 unspecified atom stereocenters. The summed E-state index contributed by atoms with van der Waals surface area (Å²) in [5, 5.41) is 8.25. The Balaban J connectivity index is 0.00000163. The molecule has 0 aliphatic rings. The number of hydrogen-bond acceptors (Lipinski definition) is 2. The Hall–Kier alpha value is -1.32. The van der Waals surface area contributed by atoms with Gasteiger partial charge in [-0.25, -0.2) is 9.13 Å². The number of hydrogen-bond donors (Lipinski definition) is 0. The highest BCUT2D eigenvalue weighted by molar-refractivity contribution is 5.29. The molecule has 0 radical (unpaired) electrons. The van der Waals surface area contributed by atoms with Gasteiger partial charge >= 0.3 is 0 Å². The minimum atomic E-state index is -0.500. The molecular weight excluding hydrogens is 300 g/mol. The fourth-order valence-corrected chi connectivity index (χ4v) is 3.09. The van der Waals surface area contributed by atoms with Crippen LogP contribution < -0.4 is 9.67 Å². The van der Waals surface area contributed by atoms with Crippen molar-refractivity contribution in [1.29, 1.82) is 0 Å². The first-order valence-electron chi connectivity index (χ1n) is 9.75. The first-order chi connectivity index (χ1) is 11.6. The number of nitrogens with zero attached hydrogens (tertiary/aromatic N) is 2. The minimum Gasteiger partial charge on any atom is -0.554 e. The average molecular weight is 339 g/mol. The highest BCUT2D eigenvalue weighted by atomic mass is 16.3. The zero-order valence-electron chi connectivity index (χ0n) is 16.2. The maximum atomic E-state index is 8.25. The summed E-state index contributed by atoms with van der Waals surface area (Å²) >= 11 is 0. The zero-order valence-corrected chi connectivity index (χ0v) is 16.2. The third kappa shape index (κ3) is 10.5. The quantitative estimate of drug-likeness (QED) is 0.432. The molecule has 1 rings (SSSR count). The molecule has 0 saturated carbocycles. The van der Waals surface area contributed by atoms with Gasteiger partial charge in [0.25, 0.3) is 0 Å². The monoisotopic (exact) mass is 338 g/mol. The molecule has 4 nitrogen and oxygen atoms in total. The van der Waals surface area contributed by atoms with Crippen LogP contribution in [-0.4, -0.2) is 11.0 Å². The minimum absolute atomic E-state index is 0.500. The van der Waals surface area contributed by atoms with Crippen molar-refractivity contribution in [3.05, 3.63) is 18.7 Å². The van der Waals surface area contributed by atoms with Crippen molar-refractivity contribution >= 4 is 6.47 Å². The van der Waals surface area contributed by atoms with Crippen molar-refractivity contribution < 1.29 is 14.5 Å². The third-order valence-electron chi connectivity index (χ3n) is 4.77. The van der Waals surface area contributed by atoms with Gasteiger partial charge < -0.3 is 9.90 Å². The van der Waals surface area contributed by atoms with E-state index in [1.54, 1.807) is 0 Å². The average Bonchev–Trinajstić information content (AvgIpc) is 3.03. The standard InChI is InChI=1S/C19H37N2.CH2O2/c1-5-9-11-18(7-3)15-20-13-14-21(17-20)16-19(8-4)12-10-6-2;2-1-3/h13-14,17-19H,5-12,15-16H2,1-4H3;1H,(H,2,3)/q+1;/p-1. The van der Waals surface area contributed by atoms with Crippen LogP contribution in [0.15, 0.2) is 18.7 Å². The van der Waals surface area contributed by atoms with E-state index in [2.05, 4.69) is 55.6 Å². The van der Waals surface area contributed by atoms with Gasteiger partial charge in [-0.15, -0.1) is 0 Å². The third-order valence-corrected chi connectivity index (χ3v) is 4.77. The maximum Gasteiger partial charge on any atom is 0.243 e. The fraction of sp³-hybridized carbons (Fsp3) is 0.800. The van der Waals surface area contributed by atoms with E-state index in [0.29, 0.717) is 0 Å². The molecule has 0 aliphatic carbocycles. The van der Waals surface area contributed by atoms with Crippen molar-refractivity contribution in [1.82, 2.24) is 4.57 Å². The van der Waals surface area contributed by atoms with Crippen LogP contribution in [0.25, 0.3) is 0 Å². The summed E-state index contributed by atoms with van der Waals surface area (Å²) in [6, 6.07) is 0. The Morgan fingerprint density at radius 1 is 1.04 bits per heavy atom. The van der Waals surface area contributed by atoms with Gasteiger partial charge in [0.2, 0.25) is 6.33 Å². The van der Waals surface area contributed by atoms with E-state index in [-0.39, 0.29) is 0 Å². The lowest BCUT2D eigenvalue weighted by atomic mass is 9.99. The fourth-order valence-electron chi connectivity index (χ4n) is 3.09. The lowest BCUT2D eigenvalue weighted by molar-refractivity contribution is -0.703. The molecule has 0 fully saturated rings. The van der Waals surface area contributed by atoms with Crippen LogP contribution in [0.1, 0.15) is 79.1 Å². The molecule has 24 heavy (non-hydrogen) atoms. The van der Waals surface area contributed by atoms with Crippen LogP contribution in [0, 0.1) is 11.8 Å². The van der Waals surface area contributed by atoms with Gasteiger partial charge in [-0.05, 0) is 37.5 Å². The molecule has 140 valence electrons. The smallest absolute Gasteiger partial charge is 0.243 e. The van der Waals surface area contributed by atoms with Crippen molar-refractivity contribution in [2.45, 2.75) is 92.2 Å². The molecule has 1 heterocycles. The molecule has 0 aliphatic heterocycles. The van der Waals surface area contributed by atoms with Crippen LogP contribution in [-0.2, 0) is 17.9 Å². The van der Waals surface area contributed by atoms with Crippen molar-refractivity contribution in [2.24, 2.45) is 11.8 Å². The highest BCUT2D eigenvalue weighted by Crippen LogP contribution is 2.15. The van der Waals surface area contributed by atoms with Crippen molar-refractivity contribution in [2.75, 3.05) is 0 Å². The topological polar surface area (TPSA) is 48.9 Å². The summed E-state index contributed by atoms with van der Waals surface area (Å²) in [5.74, 6) is 1.68. The molecule has 4 heteroatoms. The van der Waals surface area contributed by atoms with E-state index in [1.165, 1.54) is 64.5 Å². The molecule has 2 atom stereocenters. The van der Waals surface area contributed by atoms with E-state index < -0.39 is 6.47 Å². The molecule has 0 aromatic carbocycles. The number of aromatic nitrogens is 2. The lowest BCUT2D eigenvalue weighted by Gasteiger charge is -2.12. The largest absolute Gasteiger partial charge is 0.554 e. The number of carbonyl (C=O) groups excluding carboxylic acids is 1. The van der Waals surface area contributed by atoms with Crippen LogP contribution in [0.4, 0.5) is 0 Å². The van der Waals surface area contributed by atoms with Gasteiger partial charge in [0.15, 0.2) is 0 Å². The van der Waals surface area contributed by atoms with Crippen LogP contribution in [0.5, 0.6) is 0 Å². The first-order valence-corrected chi connectivity index (χ1v) is 9.75. The second-order valence-corrected chi connectivity index (χ2v) is 6.74. The molecular formula is C20H38N2O2. The molecule has 1 aromatic heterocycles. The highest BCUT2D eigenvalue weighted by Gasteiger charge is 2.14. The van der Waals surface area contributed by atoms with E-state index in [1.807, 2.05) is 0 Å². The van der Waals surface area contributed by atoms with Gasteiger partial charge in [-0.3, -0.25) is 0 Å². The molecule has 0 bridgehead atoms. The van der Waals surface area contributed by atoms with Gasteiger partial charge in [0.1, 0.15) is 12.4 Å². The van der Waals surface area contributed by atoms with Gasteiger partial charge in [0.05, 0.1) is 13.1 Å². The summed E-state index contributed by atoms with van der Waals surface area (Å²) in [4.78, 5) is 8.25. The number of rotatable bonds is 12. The predicted molar refractivity (Wildman–Crippen MR) is 97.3 cm³/mol. The Kier molecular flexibility index (Phi) is 14.4. The molecule has 0 amide bonds. The SMILES string of the molecule is CCCCC(CC)Cn1cc[n+](CC(CC)CCCC)c1.O=C[O-]. The number of imidazole rings is 1. The normalized spacial score (nSPS) is 13.0. The van der Waals surface area contributed by atoms with Gasteiger partial charge in [-0.1, -0.05) is 53.4 Å². The second-order valence-electron chi connectivity index (χ2n) is 6.74. The molecule has 0 saturated heterocycles. The molecule has 0 N–H and O–H groups in total. The summed E-state index contributed by atoms with van der Waals surface area (Å²) in [5.41, 5.74) is 0.